The summed E-state index contributed by atoms with van der Waals surface area (Å²) >= 11 is 0. The lowest BCUT2D eigenvalue weighted by Gasteiger charge is -2.35. The summed E-state index contributed by atoms with van der Waals surface area (Å²) in [6.45, 7) is 13.0. The van der Waals surface area contributed by atoms with Gasteiger partial charge >= 0.3 is 0 Å². The van der Waals surface area contributed by atoms with Crippen LogP contribution < -0.4 is 14.2 Å². The third-order valence-corrected chi connectivity index (χ3v) is 8.80. The lowest BCUT2D eigenvalue weighted by atomic mass is 9.69. The largest absolute Gasteiger partial charge is 0.504 e. The summed E-state index contributed by atoms with van der Waals surface area (Å²) in [6.07, 6.45) is 0. The number of hydrogen-bond acceptors (Lipinski definition) is 6. The van der Waals surface area contributed by atoms with Gasteiger partial charge < -0.3 is 29.5 Å². The van der Waals surface area contributed by atoms with Crippen molar-refractivity contribution in [2.45, 2.75) is 57.8 Å². The van der Waals surface area contributed by atoms with Gasteiger partial charge in [-0.2, -0.15) is 0 Å². The van der Waals surface area contributed by atoms with Crippen LogP contribution in [0, 0.1) is 0 Å². The Hall–Kier alpha value is -4.32. The van der Waals surface area contributed by atoms with Crippen molar-refractivity contribution in [2.75, 3.05) is 21.3 Å². The summed E-state index contributed by atoms with van der Waals surface area (Å²) in [5.74, 6) is 1.55. The van der Waals surface area contributed by atoms with Gasteiger partial charge in [0.2, 0.25) is 0 Å². The zero-order valence-corrected chi connectivity index (χ0v) is 26.0. The molecule has 0 aliphatic rings. The topological polar surface area (TPSA) is 88.4 Å². The molecule has 0 saturated heterocycles. The van der Waals surface area contributed by atoms with E-state index in [0.29, 0.717) is 17.2 Å². The first-order valence-corrected chi connectivity index (χ1v) is 14.0. The van der Waals surface area contributed by atoms with Crippen molar-refractivity contribution in [3.8, 4) is 34.5 Å². The predicted octanol–water partition coefficient (Wildman–Crippen LogP) is 7.81. The number of rotatable bonds is 9. The van der Waals surface area contributed by atoms with Crippen LogP contribution in [0.2, 0.25) is 0 Å². The number of hydrogen-bond donors (Lipinski definition) is 3. The second-order valence-electron chi connectivity index (χ2n) is 12.3. The van der Waals surface area contributed by atoms with Gasteiger partial charge in [-0.1, -0.05) is 77.9 Å². The van der Waals surface area contributed by atoms with E-state index < -0.39 is 16.2 Å². The molecular formula is C36H42O6. The highest BCUT2D eigenvalue weighted by Gasteiger charge is 2.33. The zero-order valence-electron chi connectivity index (χ0n) is 26.0. The highest BCUT2D eigenvalue weighted by Crippen LogP contribution is 2.44. The molecule has 0 heterocycles. The lowest BCUT2D eigenvalue weighted by molar-refractivity contribution is 0.372. The maximum atomic E-state index is 10.3. The fraction of sp³-hybridized carbons (Fsp3) is 0.333. The van der Waals surface area contributed by atoms with E-state index in [1.807, 2.05) is 36.4 Å². The molecule has 4 aromatic rings. The number of benzene rings is 4. The van der Waals surface area contributed by atoms with Gasteiger partial charge in [-0.3, -0.25) is 0 Å². The first-order chi connectivity index (χ1) is 19.7. The van der Waals surface area contributed by atoms with Gasteiger partial charge in [0.25, 0.3) is 0 Å². The number of aromatic hydroxyl groups is 3. The quantitative estimate of drug-likeness (QED) is 0.190. The first-order valence-electron chi connectivity index (χ1n) is 14.0. The molecule has 0 atom stereocenters. The highest BCUT2D eigenvalue weighted by atomic mass is 16.5. The minimum atomic E-state index is -0.461. The van der Waals surface area contributed by atoms with E-state index in [0.717, 1.165) is 33.4 Å². The molecule has 0 spiro atoms. The first kappa shape index (κ1) is 30.6. The SMILES string of the molecule is COc1cc(C(C)(C)c2cc(C(C)(C)c3ccc(O)c(OC)c3)cc(C(C)(C)c3ccc(O)c(OC)c3)c2)ccc1O. The molecular weight excluding hydrogens is 528 g/mol. The minimum Gasteiger partial charge on any atom is -0.504 e. The Labute approximate surface area is 249 Å². The normalized spacial score (nSPS) is 12.2. The summed E-state index contributed by atoms with van der Waals surface area (Å²) in [4.78, 5) is 0. The number of phenolic OH excluding ortho intramolecular Hbond substituents is 3. The molecule has 0 aromatic heterocycles. The van der Waals surface area contributed by atoms with Crippen LogP contribution in [-0.2, 0) is 16.2 Å². The molecule has 42 heavy (non-hydrogen) atoms. The number of ether oxygens (including phenoxy) is 3. The van der Waals surface area contributed by atoms with Crippen LogP contribution in [0.5, 0.6) is 34.5 Å². The van der Waals surface area contributed by atoms with Gasteiger partial charge in [-0.25, -0.2) is 0 Å². The third-order valence-electron chi connectivity index (χ3n) is 8.80. The third kappa shape index (κ3) is 5.46. The van der Waals surface area contributed by atoms with Crippen LogP contribution in [0.25, 0.3) is 0 Å². The molecule has 222 valence electrons. The Morgan fingerprint density at radius 2 is 0.619 bits per heavy atom. The molecule has 4 rings (SSSR count). The van der Waals surface area contributed by atoms with Crippen molar-refractivity contribution in [3.05, 3.63) is 106 Å². The summed E-state index contributed by atoms with van der Waals surface area (Å²) in [6, 6.07) is 23.1. The van der Waals surface area contributed by atoms with Gasteiger partial charge in [-0.15, -0.1) is 0 Å². The van der Waals surface area contributed by atoms with E-state index in [1.54, 1.807) is 39.5 Å². The molecule has 0 aliphatic heterocycles. The van der Waals surface area contributed by atoms with E-state index in [2.05, 4.69) is 59.7 Å². The molecule has 6 nitrogen and oxygen atoms in total. The average Bonchev–Trinajstić information content (AvgIpc) is 2.97. The van der Waals surface area contributed by atoms with Gasteiger partial charge in [0.1, 0.15) is 0 Å². The molecule has 3 N–H and O–H groups in total. The van der Waals surface area contributed by atoms with Crippen molar-refractivity contribution in [3.63, 3.8) is 0 Å². The molecule has 4 aromatic carbocycles. The molecule has 0 saturated carbocycles. The average molecular weight is 571 g/mol. The van der Waals surface area contributed by atoms with Crippen molar-refractivity contribution in [1.82, 2.24) is 0 Å². The van der Waals surface area contributed by atoms with Gasteiger partial charge in [0, 0.05) is 16.2 Å². The van der Waals surface area contributed by atoms with Crippen molar-refractivity contribution >= 4 is 0 Å². The Kier molecular flexibility index (Phi) is 8.14. The van der Waals surface area contributed by atoms with Crippen LogP contribution in [0.15, 0.2) is 72.8 Å². The van der Waals surface area contributed by atoms with Crippen LogP contribution >= 0.6 is 0 Å². The van der Waals surface area contributed by atoms with Crippen molar-refractivity contribution in [1.29, 1.82) is 0 Å². The Morgan fingerprint density at radius 1 is 0.381 bits per heavy atom. The fourth-order valence-electron chi connectivity index (χ4n) is 5.41. The van der Waals surface area contributed by atoms with Crippen LogP contribution in [0.4, 0.5) is 0 Å². The molecule has 0 fully saturated rings. The van der Waals surface area contributed by atoms with Crippen LogP contribution in [0.1, 0.15) is 74.9 Å². The summed E-state index contributed by atoms with van der Waals surface area (Å²) < 4.78 is 16.3. The van der Waals surface area contributed by atoms with Gasteiger partial charge in [0.05, 0.1) is 21.3 Å². The molecule has 0 unspecified atom stereocenters. The molecule has 0 amide bonds. The number of methoxy groups -OCH3 is 3. The maximum absolute atomic E-state index is 10.3. The van der Waals surface area contributed by atoms with Gasteiger partial charge in [0.15, 0.2) is 34.5 Å². The zero-order chi connectivity index (χ0) is 31.0. The van der Waals surface area contributed by atoms with Crippen LogP contribution in [-0.4, -0.2) is 36.6 Å². The highest BCUT2D eigenvalue weighted by molar-refractivity contribution is 5.55. The number of phenols is 3. The smallest absolute Gasteiger partial charge is 0.160 e. The van der Waals surface area contributed by atoms with Crippen molar-refractivity contribution < 1.29 is 29.5 Å². The predicted molar refractivity (Wildman–Crippen MR) is 167 cm³/mol. The maximum Gasteiger partial charge on any atom is 0.160 e. The van der Waals surface area contributed by atoms with E-state index in [4.69, 9.17) is 14.2 Å². The molecule has 0 aliphatic carbocycles. The van der Waals surface area contributed by atoms with E-state index in [9.17, 15) is 15.3 Å². The van der Waals surface area contributed by atoms with E-state index >= 15 is 0 Å². The Morgan fingerprint density at radius 3 is 0.833 bits per heavy atom. The van der Waals surface area contributed by atoms with E-state index in [1.165, 1.54) is 0 Å². The lowest BCUT2D eigenvalue weighted by Crippen LogP contribution is -2.27. The Balaban J connectivity index is 1.98. The second kappa shape index (κ2) is 11.2. The summed E-state index contributed by atoms with van der Waals surface area (Å²) in [5.41, 5.74) is 4.85. The fourth-order valence-corrected chi connectivity index (χ4v) is 5.41. The van der Waals surface area contributed by atoms with Crippen LogP contribution in [0.3, 0.4) is 0 Å². The molecule has 0 radical (unpaired) electrons. The van der Waals surface area contributed by atoms with E-state index in [-0.39, 0.29) is 17.2 Å². The Bertz CT molecular complexity index is 1400. The van der Waals surface area contributed by atoms with Gasteiger partial charge in [-0.05, 0) is 69.8 Å². The summed E-state index contributed by atoms with van der Waals surface area (Å²) in [7, 11) is 4.65. The summed E-state index contributed by atoms with van der Waals surface area (Å²) in [5, 5.41) is 30.8. The van der Waals surface area contributed by atoms with Crippen molar-refractivity contribution in [2.24, 2.45) is 0 Å². The monoisotopic (exact) mass is 570 g/mol. The standard InChI is InChI=1S/C36H42O6/c1-34(2,22-10-13-28(37)31(19-22)40-7)25-16-26(35(3,4)23-11-14-29(38)32(20-23)41-8)18-27(17-25)36(5,6)24-12-15-30(39)33(21-24)42-9/h10-21,37-39H,1-9H3. The minimum absolute atomic E-state index is 0.0938. The molecule has 0 bridgehead atoms. The molecule has 6 heteroatoms. The second-order valence-corrected chi connectivity index (χ2v) is 12.3.